The molecule has 2 heterocycles. The standard InChI is InChI=1S/C12H17N3O/c1-9-7-13-8-10(9)12(16)15(2)11-5-3-4-6-14-11/h3-6,9-10,13H,7-8H2,1-2H3/t9-,10-/m1/s1. The summed E-state index contributed by atoms with van der Waals surface area (Å²) in [6.45, 7) is 3.80. The lowest BCUT2D eigenvalue weighted by Gasteiger charge is -2.21. The molecule has 0 bridgehead atoms. The molecule has 0 radical (unpaired) electrons. The highest BCUT2D eigenvalue weighted by molar-refractivity contribution is 5.94. The Hall–Kier alpha value is -1.42. The van der Waals surface area contributed by atoms with Crippen LogP contribution in [0.5, 0.6) is 0 Å². The minimum Gasteiger partial charge on any atom is -0.316 e. The zero-order valence-electron chi connectivity index (χ0n) is 9.68. The average Bonchev–Trinajstić information content (AvgIpc) is 2.75. The Balaban J connectivity index is 2.10. The number of carbonyl (C=O) groups is 1. The van der Waals surface area contributed by atoms with Gasteiger partial charge in [-0.3, -0.25) is 9.69 Å². The van der Waals surface area contributed by atoms with Gasteiger partial charge in [0.15, 0.2) is 0 Å². The first-order valence-electron chi connectivity index (χ1n) is 5.59. The fraction of sp³-hybridized carbons (Fsp3) is 0.500. The van der Waals surface area contributed by atoms with E-state index in [1.807, 2.05) is 18.2 Å². The molecule has 0 saturated carbocycles. The number of nitrogens with one attached hydrogen (secondary N) is 1. The Morgan fingerprint density at radius 2 is 2.31 bits per heavy atom. The van der Waals surface area contributed by atoms with Crippen LogP contribution in [0.2, 0.25) is 0 Å². The first-order valence-corrected chi connectivity index (χ1v) is 5.59. The summed E-state index contributed by atoms with van der Waals surface area (Å²) in [5.41, 5.74) is 0. The molecule has 1 fully saturated rings. The molecule has 4 heteroatoms. The number of pyridine rings is 1. The van der Waals surface area contributed by atoms with Crippen LogP contribution in [0.3, 0.4) is 0 Å². The van der Waals surface area contributed by atoms with Crippen molar-refractivity contribution in [3.63, 3.8) is 0 Å². The lowest BCUT2D eigenvalue weighted by Crippen LogP contribution is -2.36. The largest absolute Gasteiger partial charge is 0.316 e. The number of aromatic nitrogens is 1. The molecule has 0 spiro atoms. The molecular formula is C12H17N3O. The van der Waals surface area contributed by atoms with E-state index in [0.717, 1.165) is 13.1 Å². The molecule has 1 N–H and O–H groups in total. The first kappa shape index (κ1) is 11.1. The van der Waals surface area contributed by atoms with Gasteiger partial charge in [-0.2, -0.15) is 0 Å². The zero-order valence-corrected chi connectivity index (χ0v) is 9.68. The van der Waals surface area contributed by atoms with Gasteiger partial charge in [0.25, 0.3) is 0 Å². The summed E-state index contributed by atoms with van der Waals surface area (Å²) < 4.78 is 0. The summed E-state index contributed by atoms with van der Waals surface area (Å²) in [4.78, 5) is 18.0. The molecule has 2 rings (SSSR count). The minimum absolute atomic E-state index is 0.0759. The Kier molecular flexibility index (Phi) is 3.19. The third-order valence-corrected chi connectivity index (χ3v) is 3.16. The number of anilines is 1. The van der Waals surface area contributed by atoms with Gasteiger partial charge in [-0.1, -0.05) is 13.0 Å². The van der Waals surface area contributed by atoms with Gasteiger partial charge in [0.05, 0.1) is 5.92 Å². The molecule has 4 nitrogen and oxygen atoms in total. The quantitative estimate of drug-likeness (QED) is 0.803. The van der Waals surface area contributed by atoms with Gasteiger partial charge in [-0.15, -0.1) is 0 Å². The van der Waals surface area contributed by atoms with Gasteiger partial charge in [0, 0.05) is 19.8 Å². The molecule has 0 unspecified atom stereocenters. The van der Waals surface area contributed by atoms with E-state index in [-0.39, 0.29) is 11.8 Å². The Morgan fingerprint density at radius 3 is 2.88 bits per heavy atom. The summed E-state index contributed by atoms with van der Waals surface area (Å²) in [5, 5.41) is 3.24. The second-order valence-electron chi connectivity index (χ2n) is 4.33. The molecule has 1 amide bonds. The van der Waals surface area contributed by atoms with Crippen LogP contribution in [0.1, 0.15) is 6.92 Å². The van der Waals surface area contributed by atoms with Crippen LogP contribution in [0, 0.1) is 11.8 Å². The van der Waals surface area contributed by atoms with Crippen molar-refractivity contribution in [2.24, 2.45) is 11.8 Å². The van der Waals surface area contributed by atoms with E-state index in [9.17, 15) is 4.79 Å². The van der Waals surface area contributed by atoms with Crippen molar-refractivity contribution in [2.45, 2.75) is 6.92 Å². The van der Waals surface area contributed by atoms with E-state index in [2.05, 4.69) is 17.2 Å². The summed E-state index contributed by atoms with van der Waals surface area (Å²) >= 11 is 0. The van der Waals surface area contributed by atoms with Crippen LogP contribution >= 0.6 is 0 Å². The Morgan fingerprint density at radius 1 is 1.50 bits per heavy atom. The summed E-state index contributed by atoms with van der Waals surface area (Å²) in [6, 6.07) is 5.59. The monoisotopic (exact) mass is 219 g/mol. The zero-order chi connectivity index (χ0) is 11.5. The van der Waals surface area contributed by atoms with Crippen molar-refractivity contribution < 1.29 is 4.79 Å². The summed E-state index contributed by atoms with van der Waals surface area (Å²) in [7, 11) is 1.79. The molecule has 1 aromatic rings. The molecule has 1 saturated heterocycles. The van der Waals surface area contributed by atoms with Crippen LogP contribution in [-0.2, 0) is 4.79 Å². The summed E-state index contributed by atoms with van der Waals surface area (Å²) in [5.74, 6) is 1.34. The molecule has 0 aromatic carbocycles. The fourth-order valence-corrected chi connectivity index (χ4v) is 2.05. The smallest absolute Gasteiger partial charge is 0.232 e. The fourth-order valence-electron chi connectivity index (χ4n) is 2.05. The summed E-state index contributed by atoms with van der Waals surface area (Å²) in [6.07, 6.45) is 1.70. The number of carbonyl (C=O) groups excluding carboxylic acids is 1. The maximum Gasteiger partial charge on any atom is 0.232 e. The highest BCUT2D eigenvalue weighted by Crippen LogP contribution is 2.20. The Labute approximate surface area is 95.7 Å². The number of hydrogen-bond acceptors (Lipinski definition) is 3. The second-order valence-corrected chi connectivity index (χ2v) is 4.33. The van der Waals surface area contributed by atoms with E-state index in [0.29, 0.717) is 11.7 Å². The predicted octanol–water partition coefficient (Wildman–Crippen LogP) is 0.900. The lowest BCUT2D eigenvalue weighted by molar-refractivity contribution is -0.122. The SMILES string of the molecule is C[C@@H]1CNC[C@H]1C(=O)N(C)c1ccccn1. The number of amides is 1. The maximum absolute atomic E-state index is 12.2. The molecule has 1 aromatic heterocycles. The highest BCUT2D eigenvalue weighted by atomic mass is 16.2. The van der Waals surface area contributed by atoms with Gasteiger partial charge in [-0.05, 0) is 24.6 Å². The van der Waals surface area contributed by atoms with Gasteiger partial charge in [0.1, 0.15) is 5.82 Å². The normalized spacial score (nSPS) is 24.4. The van der Waals surface area contributed by atoms with E-state index < -0.39 is 0 Å². The van der Waals surface area contributed by atoms with Crippen LogP contribution in [0.15, 0.2) is 24.4 Å². The van der Waals surface area contributed by atoms with Crippen molar-refractivity contribution in [3.8, 4) is 0 Å². The van der Waals surface area contributed by atoms with Gasteiger partial charge in [-0.25, -0.2) is 4.98 Å². The second kappa shape index (κ2) is 4.61. The third kappa shape index (κ3) is 2.07. The molecule has 16 heavy (non-hydrogen) atoms. The lowest BCUT2D eigenvalue weighted by atomic mass is 9.97. The molecule has 1 aliphatic rings. The van der Waals surface area contributed by atoms with Crippen LogP contribution in [0.4, 0.5) is 5.82 Å². The van der Waals surface area contributed by atoms with Gasteiger partial charge >= 0.3 is 0 Å². The van der Waals surface area contributed by atoms with E-state index in [1.165, 1.54) is 0 Å². The van der Waals surface area contributed by atoms with Crippen molar-refractivity contribution in [1.29, 1.82) is 0 Å². The van der Waals surface area contributed by atoms with E-state index >= 15 is 0 Å². The van der Waals surface area contributed by atoms with E-state index in [4.69, 9.17) is 0 Å². The molecule has 2 atom stereocenters. The van der Waals surface area contributed by atoms with Crippen LogP contribution in [-0.4, -0.2) is 31.0 Å². The average molecular weight is 219 g/mol. The molecule has 86 valence electrons. The van der Waals surface area contributed by atoms with Crippen molar-refractivity contribution in [3.05, 3.63) is 24.4 Å². The third-order valence-electron chi connectivity index (χ3n) is 3.16. The predicted molar refractivity (Wildman–Crippen MR) is 63.2 cm³/mol. The number of nitrogens with zero attached hydrogens (tertiary/aromatic N) is 2. The van der Waals surface area contributed by atoms with Crippen LogP contribution in [0.25, 0.3) is 0 Å². The van der Waals surface area contributed by atoms with Crippen LogP contribution < -0.4 is 10.2 Å². The number of rotatable bonds is 2. The van der Waals surface area contributed by atoms with Crippen molar-refractivity contribution in [2.75, 3.05) is 25.0 Å². The topological polar surface area (TPSA) is 45.2 Å². The molecule has 1 aliphatic heterocycles. The van der Waals surface area contributed by atoms with Gasteiger partial charge in [0.2, 0.25) is 5.91 Å². The maximum atomic E-state index is 12.2. The number of hydrogen-bond donors (Lipinski definition) is 1. The first-order chi connectivity index (χ1) is 7.70. The highest BCUT2D eigenvalue weighted by Gasteiger charge is 2.32. The van der Waals surface area contributed by atoms with E-state index in [1.54, 1.807) is 18.1 Å². The minimum atomic E-state index is 0.0759. The Bertz CT molecular complexity index is 366. The molecular weight excluding hydrogens is 202 g/mol. The van der Waals surface area contributed by atoms with Crippen molar-refractivity contribution in [1.82, 2.24) is 10.3 Å². The van der Waals surface area contributed by atoms with Gasteiger partial charge < -0.3 is 5.32 Å². The van der Waals surface area contributed by atoms with Crippen molar-refractivity contribution >= 4 is 11.7 Å². The molecule has 0 aliphatic carbocycles.